The van der Waals surface area contributed by atoms with E-state index in [-0.39, 0.29) is 25.9 Å². The van der Waals surface area contributed by atoms with Gasteiger partial charge in [0.05, 0.1) is 24.8 Å². The minimum atomic E-state index is -2.04. The lowest BCUT2D eigenvalue weighted by Crippen LogP contribution is -2.77. The number of benzene rings is 2. The average molecular weight is 613 g/mol. The van der Waals surface area contributed by atoms with Gasteiger partial charge in [0, 0.05) is 20.5 Å². The highest BCUT2D eigenvalue weighted by Crippen LogP contribution is 2.61. The number of hydrogen-bond acceptors (Lipinski definition) is 11. The van der Waals surface area contributed by atoms with Gasteiger partial charge in [0.2, 0.25) is 12.1 Å². The van der Waals surface area contributed by atoms with Crippen LogP contribution in [0.5, 0.6) is 0 Å². The molecule has 5 aliphatic rings. The Balaban J connectivity index is 1.17. The quantitative estimate of drug-likeness (QED) is 0.459. The number of likely N-dealkylation sites (N-methyl/N-ethyl adjacent to an activating group) is 2. The number of carbonyl (C=O) groups excluding carboxylic acids is 2. The normalized spacial score (nSPS) is 39.7. The van der Waals surface area contributed by atoms with E-state index in [1.165, 1.54) is 23.9 Å². The molecule has 13 heteroatoms. The van der Waals surface area contributed by atoms with Crippen LogP contribution in [0.3, 0.4) is 0 Å². The Labute approximate surface area is 254 Å². The molecule has 5 fully saturated rings. The minimum absolute atomic E-state index is 0.0110. The molecule has 4 aliphatic heterocycles. The van der Waals surface area contributed by atoms with E-state index < -0.39 is 66.0 Å². The van der Waals surface area contributed by atoms with Crippen LogP contribution >= 0.6 is 0 Å². The SMILES string of the molecule is C[C@@H]1C[C@@]2(CO2)[C@]2(O)O[C@@H]3[C@@H](N(C)C(=O)OCc4ccccc4)[C@@H](O)[C@@H](N(C)C(=O)OCc4ccccc4)[C@@H]4O[C@]34O[C@@H]2O1. The van der Waals surface area contributed by atoms with E-state index in [2.05, 4.69) is 0 Å². The molecule has 0 bridgehead atoms. The van der Waals surface area contributed by atoms with Crippen molar-refractivity contribution in [2.24, 2.45) is 0 Å². The monoisotopic (exact) mass is 612 g/mol. The number of epoxide rings is 2. The first kappa shape index (κ1) is 29.4. The number of amides is 2. The minimum Gasteiger partial charge on any atom is -0.445 e. The average Bonchev–Trinajstić information content (AvgIpc) is 3.95. The van der Waals surface area contributed by atoms with Gasteiger partial charge in [-0.2, -0.15) is 0 Å². The number of fused-ring (bicyclic) bond motifs is 2. The van der Waals surface area contributed by atoms with Crippen LogP contribution in [0.2, 0.25) is 0 Å². The maximum absolute atomic E-state index is 13.4. The summed E-state index contributed by atoms with van der Waals surface area (Å²) in [7, 11) is 2.93. The number of hydrogen-bond donors (Lipinski definition) is 2. The van der Waals surface area contributed by atoms with Gasteiger partial charge in [0.15, 0.2) is 5.60 Å². The predicted octanol–water partition coefficient (Wildman–Crippen LogP) is 1.74. The molecular formula is C31H36N2O11. The molecule has 7 rings (SSSR count). The Hall–Kier alpha value is -3.30. The van der Waals surface area contributed by atoms with Crippen molar-refractivity contribution in [2.75, 3.05) is 20.7 Å². The Morgan fingerprint density at radius 3 is 1.86 bits per heavy atom. The van der Waals surface area contributed by atoms with Crippen LogP contribution in [0.1, 0.15) is 24.5 Å². The fraction of sp³-hybridized carbons (Fsp3) is 0.548. The van der Waals surface area contributed by atoms with E-state index in [0.717, 1.165) is 11.1 Å². The number of nitrogens with zero attached hydrogens (tertiary/aromatic N) is 2. The van der Waals surface area contributed by atoms with Crippen LogP contribution < -0.4 is 0 Å². The molecule has 2 N–H and O–H groups in total. The summed E-state index contributed by atoms with van der Waals surface area (Å²) >= 11 is 0. The molecule has 1 aliphatic carbocycles. The largest absolute Gasteiger partial charge is 0.445 e. The molecule has 1 saturated carbocycles. The molecule has 10 atom stereocenters. The number of ether oxygens (including phenoxy) is 7. The molecule has 2 amide bonds. The molecule has 2 aromatic rings. The number of aliphatic hydroxyl groups excluding tert-OH is 1. The van der Waals surface area contributed by atoms with Crippen molar-refractivity contribution in [3.8, 4) is 0 Å². The van der Waals surface area contributed by atoms with Crippen molar-refractivity contribution in [1.29, 1.82) is 0 Å². The second-order valence-electron chi connectivity index (χ2n) is 12.2. The number of carbonyl (C=O) groups is 2. The molecule has 4 saturated heterocycles. The molecule has 4 heterocycles. The summed E-state index contributed by atoms with van der Waals surface area (Å²) in [6.45, 7) is 2.07. The molecule has 0 radical (unpaired) electrons. The molecule has 0 aromatic heterocycles. The van der Waals surface area contributed by atoms with E-state index in [1.807, 2.05) is 67.6 Å². The molecule has 2 spiro atoms. The third-order valence-corrected chi connectivity index (χ3v) is 9.28. The summed E-state index contributed by atoms with van der Waals surface area (Å²) in [6.07, 6.45) is -6.22. The molecule has 236 valence electrons. The van der Waals surface area contributed by atoms with Crippen molar-refractivity contribution in [3.05, 3.63) is 71.8 Å². The Morgan fingerprint density at radius 2 is 1.36 bits per heavy atom. The first-order chi connectivity index (χ1) is 21.1. The second kappa shape index (κ2) is 10.7. The highest BCUT2D eigenvalue weighted by molar-refractivity contribution is 5.69. The summed E-state index contributed by atoms with van der Waals surface area (Å²) in [5.41, 5.74) is 0.493. The Bertz CT molecular complexity index is 1390. The molecule has 0 unspecified atom stereocenters. The lowest BCUT2D eigenvalue weighted by atomic mass is 9.79. The van der Waals surface area contributed by atoms with Crippen LogP contribution in [0.25, 0.3) is 0 Å². The zero-order chi connectivity index (χ0) is 30.9. The van der Waals surface area contributed by atoms with Crippen molar-refractivity contribution in [1.82, 2.24) is 9.80 Å². The van der Waals surface area contributed by atoms with E-state index in [1.54, 1.807) is 0 Å². The first-order valence-electron chi connectivity index (χ1n) is 14.7. The molecule has 44 heavy (non-hydrogen) atoms. The van der Waals surface area contributed by atoms with Crippen molar-refractivity contribution < 1.29 is 53.0 Å². The van der Waals surface area contributed by atoms with Crippen LogP contribution in [0, 0.1) is 0 Å². The van der Waals surface area contributed by atoms with Gasteiger partial charge in [0.25, 0.3) is 5.79 Å². The molecule has 13 nitrogen and oxygen atoms in total. The maximum atomic E-state index is 13.4. The Kier molecular flexibility index (Phi) is 7.12. The third kappa shape index (κ3) is 4.66. The lowest BCUT2D eigenvalue weighted by molar-refractivity contribution is -0.469. The zero-order valence-corrected chi connectivity index (χ0v) is 24.6. The van der Waals surface area contributed by atoms with Gasteiger partial charge in [-0.3, -0.25) is 0 Å². The summed E-state index contributed by atoms with van der Waals surface area (Å²) in [6, 6.07) is 16.1. The topological polar surface area (TPSA) is 152 Å². The maximum Gasteiger partial charge on any atom is 0.410 e. The smallest absolute Gasteiger partial charge is 0.410 e. The van der Waals surface area contributed by atoms with Gasteiger partial charge in [-0.05, 0) is 18.1 Å². The van der Waals surface area contributed by atoms with Crippen LogP contribution in [0.15, 0.2) is 60.7 Å². The fourth-order valence-corrected chi connectivity index (χ4v) is 6.78. The van der Waals surface area contributed by atoms with Crippen molar-refractivity contribution in [3.63, 3.8) is 0 Å². The predicted molar refractivity (Wildman–Crippen MR) is 149 cm³/mol. The summed E-state index contributed by atoms with van der Waals surface area (Å²) in [5, 5.41) is 23.7. The standard InChI is InChI=1S/C31H36N2O11/c1-18-14-29(17-40-29)31(37)26(41-18)44-30-24(42-30)21(32(2)27(35)38-15-19-10-6-4-7-11-19)23(34)22(25(30)43-31)33(3)28(36)39-16-20-12-8-5-9-13-20/h4-13,18,21-26,34,37H,14-17H2,1-3H3/t18-,21-,22+,23+,24+,25-,26+,29-,30-,31-/m1/s1. The first-order valence-corrected chi connectivity index (χ1v) is 14.7. The van der Waals surface area contributed by atoms with E-state index in [4.69, 9.17) is 33.2 Å². The zero-order valence-electron chi connectivity index (χ0n) is 24.6. The third-order valence-electron chi connectivity index (χ3n) is 9.28. The van der Waals surface area contributed by atoms with Crippen LogP contribution in [-0.4, -0.2) is 113 Å². The van der Waals surface area contributed by atoms with E-state index in [9.17, 15) is 19.8 Å². The van der Waals surface area contributed by atoms with E-state index >= 15 is 0 Å². The number of aliphatic hydroxyl groups is 2. The summed E-state index contributed by atoms with van der Waals surface area (Å²) in [4.78, 5) is 29.1. The van der Waals surface area contributed by atoms with Gasteiger partial charge in [-0.25, -0.2) is 9.59 Å². The van der Waals surface area contributed by atoms with Gasteiger partial charge >= 0.3 is 12.2 Å². The molecular weight excluding hydrogens is 576 g/mol. The highest BCUT2D eigenvalue weighted by Gasteiger charge is 2.84. The number of rotatable bonds is 6. The fourth-order valence-electron chi connectivity index (χ4n) is 6.78. The van der Waals surface area contributed by atoms with Gasteiger partial charge in [-0.15, -0.1) is 0 Å². The highest BCUT2D eigenvalue weighted by atomic mass is 16.9. The Morgan fingerprint density at radius 1 is 0.864 bits per heavy atom. The van der Waals surface area contributed by atoms with Crippen LogP contribution in [-0.2, 0) is 46.4 Å². The second-order valence-corrected chi connectivity index (χ2v) is 12.2. The van der Waals surface area contributed by atoms with Crippen molar-refractivity contribution in [2.45, 2.75) is 86.5 Å². The van der Waals surface area contributed by atoms with Crippen LogP contribution in [0.4, 0.5) is 9.59 Å². The van der Waals surface area contributed by atoms with Gasteiger partial charge in [-0.1, -0.05) is 60.7 Å². The van der Waals surface area contributed by atoms with Gasteiger partial charge in [0.1, 0.15) is 31.5 Å². The van der Waals surface area contributed by atoms with E-state index in [0.29, 0.717) is 6.42 Å². The lowest BCUT2D eigenvalue weighted by Gasteiger charge is -2.56. The summed E-state index contributed by atoms with van der Waals surface area (Å²) < 4.78 is 41.6. The van der Waals surface area contributed by atoms with Gasteiger partial charge < -0.3 is 53.2 Å². The van der Waals surface area contributed by atoms with Crippen molar-refractivity contribution >= 4 is 12.2 Å². The summed E-state index contributed by atoms with van der Waals surface area (Å²) in [5.74, 6) is -3.59. The molecule has 2 aromatic carbocycles.